The molecule has 0 atom stereocenters. The molecule has 7 heteroatoms. The summed E-state index contributed by atoms with van der Waals surface area (Å²) in [5, 5.41) is 3.24. The zero-order valence-electron chi connectivity index (χ0n) is 25.9. The molecule has 5 aromatic carbocycles. The van der Waals surface area contributed by atoms with Crippen LogP contribution in [-0.4, -0.2) is 4.57 Å². The van der Waals surface area contributed by atoms with E-state index in [1.165, 1.54) is 6.07 Å². The molecule has 0 radical (unpaired) electrons. The minimum Gasteiger partial charge on any atom is -0.303 e. The van der Waals surface area contributed by atoms with Crippen LogP contribution < -0.4 is 4.57 Å². The van der Waals surface area contributed by atoms with E-state index in [1.54, 1.807) is 12.1 Å². The lowest BCUT2D eigenvalue weighted by Crippen LogP contribution is -2.31. The monoisotopic (exact) mass is 621 g/mol. The minimum atomic E-state index is -2.19. The Bertz CT molecular complexity index is 2340. The van der Waals surface area contributed by atoms with Crippen molar-refractivity contribution in [2.45, 2.75) is 33.1 Å². The first kappa shape index (κ1) is 29.7. The van der Waals surface area contributed by atoms with Crippen LogP contribution in [0.4, 0.5) is 22.0 Å². The van der Waals surface area contributed by atoms with Crippen molar-refractivity contribution in [3.05, 3.63) is 131 Å². The van der Waals surface area contributed by atoms with Crippen molar-refractivity contribution in [1.82, 2.24) is 4.57 Å². The molecule has 0 spiro atoms. The van der Waals surface area contributed by atoms with E-state index in [-0.39, 0.29) is 11.0 Å². The van der Waals surface area contributed by atoms with E-state index in [2.05, 4.69) is 45.9 Å². The third kappa shape index (κ3) is 4.25. The lowest BCUT2D eigenvalue weighted by Gasteiger charge is -2.24. The summed E-state index contributed by atoms with van der Waals surface area (Å²) < 4.78 is 78.0. The highest BCUT2D eigenvalue weighted by atomic mass is 19.2. The third-order valence-electron chi connectivity index (χ3n) is 8.94. The van der Waals surface area contributed by atoms with Gasteiger partial charge in [0.15, 0.2) is 29.5 Å². The van der Waals surface area contributed by atoms with Crippen molar-refractivity contribution in [3.8, 4) is 28.1 Å². The number of benzene rings is 5. The van der Waals surface area contributed by atoms with E-state index >= 15 is 8.78 Å². The molecule has 0 aliphatic heterocycles. The number of pyridine rings is 1. The molecule has 230 valence electrons. The lowest BCUT2D eigenvalue weighted by atomic mass is 9.80. The summed E-state index contributed by atoms with van der Waals surface area (Å²) in [4.78, 5) is 0. The predicted molar refractivity (Wildman–Crippen MR) is 174 cm³/mol. The van der Waals surface area contributed by atoms with E-state index < -0.39 is 34.6 Å². The van der Waals surface area contributed by atoms with E-state index in [0.29, 0.717) is 16.3 Å². The fourth-order valence-electron chi connectivity index (χ4n) is 6.79. The average molecular weight is 622 g/mol. The molecule has 0 saturated carbocycles. The summed E-state index contributed by atoms with van der Waals surface area (Å²) in [6, 6.07) is 26.6. The number of para-hydroxylation sites is 1. The first-order valence-electron chi connectivity index (χ1n) is 15.0. The van der Waals surface area contributed by atoms with Crippen molar-refractivity contribution in [2.24, 2.45) is 7.05 Å². The first-order chi connectivity index (χ1) is 21.9. The summed E-state index contributed by atoms with van der Waals surface area (Å²) in [5.41, 5.74) is 4.85. The fraction of sp³-hybridized carbons (Fsp3) is 0.154. The summed E-state index contributed by atoms with van der Waals surface area (Å²) in [5.74, 6) is -9.89. The van der Waals surface area contributed by atoms with Gasteiger partial charge >= 0.3 is 0 Å². The van der Waals surface area contributed by atoms with Gasteiger partial charge in [0, 0.05) is 22.5 Å². The average Bonchev–Trinajstić information content (AvgIpc) is 3.38. The van der Waals surface area contributed by atoms with Gasteiger partial charge in [-0.2, -0.15) is 4.57 Å². The maximum absolute atomic E-state index is 15.4. The predicted octanol–water partition coefficient (Wildman–Crippen LogP) is 10.4. The second-order valence-corrected chi connectivity index (χ2v) is 12.7. The molecule has 0 bridgehead atoms. The zero-order chi connectivity index (χ0) is 32.7. The Balaban J connectivity index is 1.71. The van der Waals surface area contributed by atoms with Crippen LogP contribution in [0.25, 0.3) is 60.6 Å². The third-order valence-corrected chi connectivity index (χ3v) is 8.94. The van der Waals surface area contributed by atoms with Gasteiger partial charge in [-0.15, -0.1) is 0 Å². The summed E-state index contributed by atoms with van der Waals surface area (Å²) in [6.07, 6.45) is 1.87. The van der Waals surface area contributed by atoms with Gasteiger partial charge in [0.2, 0.25) is 11.5 Å². The first-order valence-corrected chi connectivity index (χ1v) is 15.0. The number of nitrogens with zero attached hydrogens (tertiary/aromatic N) is 2. The molecule has 7 rings (SSSR count). The zero-order valence-corrected chi connectivity index (χ0v) is 25.9. The number of halogens is 5. The molecule has 0 amide bonds. The number of rotatable bonds is 3. The van der Waals surface area contributed by atoms with E-state index in [4.69, 9.17) is 0 Å². The fourth-order valence-corrected chi connectivity index (χ4v) is 6.79. The molecular formula is C39H30F5N2+. The second kappa shape index (κ2) is 10.5. The number of hydrogen-bond acceptors (Lipinski definition) is 0. The Morgan fingerprint density at radius 2 is 1.24 bits per heavy atom. The lowest BCUT2D eigenvalue weighted by molar-refractivity contribution is -0.659. The van der Waals surface area contributed by atoms with Crippen LogP contribution in [-0.2, 0) is 12.5 Å². The highest BCUT2D eigenvalue weighted by molar-refractivity contribution is 6.18. The van der Waals surface area contributed by atoms with Gasteiger partial charge in [-0.1, -0.05) is 75.4 Å². The van der Waals surface area contributed by atoms with Crippen LogP contribution in [0.2, 0.25) is 0 Å². The van der Waals surface area contributed by atoms with Crippen LogP contribution in [0.15, 0.2) is 91.1 Å². The Hall–Kier alpha value is -5.04. The van der Waals surface area contributed by atoms with Gasteiger partial charge in [0.1, 0.15) is 12.6 Å². The Kier molecular flexibility index (Phi) is 6.78. The van der Waals surface area contributed by atoms with Crippen molar-refractivity contribution < 1.29 is 26.5 Å². The maximum atomic E-state index is 15.4. The van der Waals surface area contributed by atoms with E-state index in [1.807, 2.05) is 70.9 Å². The summed E-state index contributed by atoms with van der Waals surface area (Å²) in [7, 11) is 1.94. The van der Waals surface area contributed by atoms with Crippen LogP contribution in [0.1, 0.15) is 31.9 Å². The maximum Gasteiger partial charge on any atom is 0.237 e. The highest BCUT2D eigenvalue weighted by Gasteiger charge is 2.32. The molecule has 0 unspecified atom stereocenters. The molecule has 46 heavy (non-hydrogen) atoms. The summed E-state index contributed by atoms with van der Waals surface area (Å²) >= 11 is 0. The molecule has 7 aromatic rings. The van der Waals surface area contributed by atoms with Crippen LogP contribution in [0.3, 0.4) is 0 Å². The van der Waals surface area contributed by atoms with E-state index in [0.717, 1.165) is 44.4 Å². The van der Waals surface area contributed by atoms with Crippen molar-refractivity contribution in [2.75, 3.05) is 0 Å². The molecule has 2 aromatic heterocycles. The van der Waals surface area contributed by atoms with Gasteiger partial charge < -0.3 is 4.57 Å². The number of aromatic nitrogens is 2. The Morgan fingerprint density at radius 3 is 1.89 bits per heavy atom. The van der Waals surface area contributed by atoms with Crippen molar-refractivity contribution in [1.29, 1.82) is 0 Å². The smallest absolute Gasteiger partial charge is 0.237 e. The highest BCUT2D eigenvalue weighted by Crippen LogP contribution is 2.45. The normalized spacial score (nSPS) is 12.1. The van der Waals surface area contributed by atoms with Crippen molar-refractivity contribution >= 4 is 32.6 Å². The summed E-state index contributed by atoms with van der Waals surface area (Å²) in [6.45, 7) is 8.60. The number of fused-ring (bicyclic) bond motifs is 4. The van der Waals surface area contributed by atoms with Gasteiger partial charge in [0.25, 0.3) is 0 Å². The molecule has 0 fully saturated rings. The molecule has 2 heterocycles. The van der Waals surface area contributed by atoms with Gasteiger partial charge in [-0.05, 0) is 64.1 Å². The van der Waals surface area contributed by atoms with Crippen LogP contribution in [0.5, 0.6) is 0 Å². The van der Waals surface area contributed by atoms with Gasteiger partial charge in [0.05, 0.1) is 16.6 Å². The molecule has 0 aliphatic carbocycles. The van der Waals surface area contributed by atoms with Gasteiger partial charge in [-0.3, -0.25) is 0 Å². The molecule has 0 N–H and O–H groups in total. The molecule has 2 nitrogen and oxygen atoms in total. The van der Waals surface area contributed by atoms with Crippen LogP contribution >= 0.6 is 0 Å². The Morgan fingerprint density at radius 1 is 0.630 bits per heavy atom. The van der Waals surface area contributed by atoms with E-state index in [9.17, 15) is 13.2 Å². The Labute approximate surface area is 263 Å². The molecule has 0 saturated heterocycles. The largest absolute Gasteiger partial charge is 0.303 e. The molecule has 0 aliphatic rings. The number of hydrogen-bond donors (Lipinski definition) is 0. The SMILES string of the molecule is Cc1c(-c2c3c(cc[n+]2C)c2c(-c4c(F)c(F)c(F)c(F)c4F)cccc2n3-c2ccccc2)cc(C(C)(C)C)c2ccccc12. The van der Waals surface area contributed by atoms with Gasteiger partial charge in [-0.25, -0.2) is 22.0 Å². The number of aryl methyl sites for hydroxylation is 2. The minimum absolute atomic E-state index is 0.0876. The quantitative estimate of drug-likeness (QED) is 0.0804. The van der Waals surface area contributed by atoms with Crippen molar-refractivity contribution in [3.63, 3.8) is 0 Å². The standard InChI is InChI=1S/C39H30F5N2/c1-21-23-14-9-10-15-24(23)28(39(2,3)4)20-27(21)37-38-26(18-19-45(37)5)30-25(31-32(40)34(42)36(44)35(43)33(31)41)16-11-17-29(30)46(38)22-12-7-6-8-13-22/h6-20H,1-5H3/q+1. The topological polar surface area (TPSA) is 8.81 Å². The van der Waals surface area contributed by atoms with Crippen LogP contribution in [0, 0.1) is 36.0 Å². The second-order valence-electron chi connectivity index (χ2n) is 12.7. The molecular weight excluding hydrogens is 591 g/mol.